The van der Waals surface area contributed by atoms with Crippen LogP contribution in [0.15, 0.2) is 12.2 Å². The molecule has 5 nitrogen and oxygen atoms in total. The molecule has 182 valence electrons. The minimum Gasteiger partial charge on any atom is -0.395 e. The molecule has 0 aliphatic heterocycles. The molecule has 0 heterocycles. The third-order valence-corrected chi connectivity index (χ3v) is 4.62. The summed E-state index contributed by atoms with van der Waals surface area (Å²) in [5, 5.41) is 21.9. The van der Waals surface area contributed by atoms with Crippen LogP contribution in [-0.2, 0) is 4.79 Å². The third kappa shape index (κ3) is 34.5. The molecule has 0 rings (SSSR count). The van der Waals surface area contributed by atoms with E-state index in [0.29, 0.717) is 19.5 Å². The first-order valence-corrected chi connectivity index (χ1v) is 12.1. The number of aliphatic hydroxyl groups excluding tert-OH is 2. The maximum atomic E-state index is 11.3. The molecule has 0 radical (unpaired) electrons. The van der Waals surface area contributed by atoms with Gasteiger partial charge in [-0.05, 0) is 39.0 Å². The monoisotopic (exact) mass is 434 g/mol. The van der Waals surface area contributed by atoms with Crippen molar-refractivity contribution in [1.82, 2.24) is 10.6 Å². The van der Waals surface area contributed by atoms with Crippen LogP contribution in [0.4, 0.5) is 4.70 Å². The fourth-order valence-corrected chi connectivity index (χ4v) is 2.92. The summed E-state index contributed by atoms with van der Waals surface area (Å²) >= 11 is 0. The van der Waals surface area contributed by atoms with E-state index in [9.17, 15) is 4.79 Å². The molecule has 0 aliphatic carbocycles. The maximum Gasteiger partial charge on any atom is 0.219 e. The highest BCUT2D eigenvalue weighted by Gasteiger charge is 1.98. The van der Waals surface area contributed by atoms with Crippen LogP contribution in [0, 0.1) is 0 Å². The van der Waals surface area contributed by atoms with Gasteiger partial charge in [0.2, 0.25) is 5.91 Å². The Hall–Kier alpha value is -0.980. The van der Waals surface area contributed by atoms with Crippen LogP contribution in [-0.4, -0.2) is 49.0 Å². The fourth-order valence-electron chi connectivity index (χ4n) is 2.92. The molecule has 4 N–H and O–H groups in total. The van der Waals surface area contributed by atoms with Gasteiger partial charge in [0.05, 0.1) is 13.2 Å². The number of halogens is 1. The normalized spacial score (nSPS) is 10.4. The van der Waals surface area contributed by atoms with Crippen molar-refractivity contribution in [2.75, 3.05) is 32.8 Å². The van der Waals surface area contributed by atoms with Gasteiger partial charge < -0.3 is 20.8 Å². The summed E-state index contributed by atoms with van der Waals surface area (Å²) in [5.74, 6) is 0.208. The summed E-state index contributed by atoms with van der Waals surface area (Å²) in [6, 6.07) is 0. The molecule has 0 spiro atoms. The molecule has 0 atom stereocenters. The van der Waals surface area contributed by atoms with Crippen molar-refractivity contribution in [3.8, 4) is 0 Å². The van der Waals surface area contributed by atoms with Crippen molar-refractivity contribution in [2.24, 2.45) is 0 Å². The Morgan fingerprint density at radius 1 is 0.733 bits per heavy atom. The van der Waals surface area contributed by atoms with E-state index >= 15 is 0 Å². The van der Waals surface area contributed by atoms with Crippen LogP contribution in [0.5, 0.6) is 0 Å². The largest absolute Gasteiger partial charge is 0.395 e. The van der Waals surface area contributed by atoms with E-state index in [0.717, 1.165) is 13.0 Å². The van der Waals surface area contributed by atoms with Gasteiger partial charge in [0.15, 0.2) is 0 Å². The molecule has 0 unspecified atom stereocenters. The average Bonchev–Trinajstić information content (AvgIpc) is 2.72. The second kappa shape index (κ2) is 32.7. The van der Waals surface area contributed by atoms with Crippen LogP contribution in [0.2, 0.25) is 0 Å². The van der Waals surface area contributed by atoms with Crippen molar-refractivity contribution in [3.63, 3.8) is 0 Å². The first-order chi connectivity index (χ1) is 14.2. The number of nitrogens with one attached hydrogen (secondary N) is 2. The lowest BCUT2D eigenvalue weighted by Crippen LogP contribution is -2.21. The van der Waals surface area contributed by atoms with Gasteiger partial charge >= 0.3 is 0 Å². The van der Waals surface area contributed by atoms with Crippen molar-refractivity contribution in [1.29, 1.82) is 0 Å². The number of allylic oxidation sites excluding steroid dienone is 2. The predicted octanol–water partition coefficient (Wildman–Crippen LogP) is 4.87. The highest BCUT2D eigenvalue weighted by Crippen LogP contribution is 2.09. The maximum absolute atomic E-state index is 11.3. The Morgan fingerprint density at radius 3 is 1.67 bits per heavy atom. The van der Waals surface area contributed by atoms with Gasteiger partial charge in [0.1, 0.15) is 0 Å². The lowest BCUT2D eigenvalue weighted by molar-refractivity contribution is -0.121. The molecule has 0 saturated heterocycles. The summed E-state index contributed by atoms with van der Waals surface area (Å²) in [7, 11) is 0. The van der Waals surface area contributed by atoms with Crippen LogP contribution < -0.4 is 10.6 Å². The average molecular weight is 435 g/mol. The first kappa shape index (κ1) is 33.7. The number of carbonyl (C=O) groups excluding carboxylic acids is 1. The number of unbranched alkanes of at least 4 members (excludes halogenated alkanes) is 11. The van der Waals surface area contributed by atoms with E-state index < -0.39 is 0 Å². The minimum absolute atomic E-state index is 0. The van der Waals surface area contributed by atoms with Crippen LogP contribution in [0.3, 0.4) is 0 Å². The summed E-state index contributed by atoms with van der Waals surface area (Å²) in [6.45, 7) is 6.41. The van der Waals surface area contributed by atoms with Crippen LogP contribution in [0.25, 0.3) is 0 Å². The molecule has 0 aromatic rings. The topological polar surface area (TPSA) is 81.6 Å². The van der Waals surface area contributed by atoms with E-state index in [4.69, 9.17) is 10.2 Å². The molecule has 0 bridgehead atoms. The molecule has 6 heteroatoms. The fraction of sp³-hybridized carbons (Fsp3) is 0.875. The SMILES string of the molecule is CCCCCCCC/C=C\CCCCCCCC(=O)NCC.F.OCCNCCO. The lowest BCUT2D eigenvalue weighted by Gasteiger charge is -2.02. The van der Waals surface area contributed by atoms with Gasteiger partial charge in [-0.2, -0.15) is 0 Å². The standard InChI is InChI=1S/C20H39NO.C4H11NO2.FH/c1-3-5-6-7-8-9-10-11-12-13-14-15-16-17-18-19-20(22)21-4-2;6-3-1-5-2-4-7;/h11-12H,3-10,13-19H2,1-2H3,(H,21,22);5-7H,1-4H2;1H/b12-11-;;. The summed E-state index contributed by atoms with van der Waals surface area (Å²) < 4.78 is 0. The van der Waals surface area contributed by atoms with E-state index in [1.165, 1.54) is 77.0 Å². The Balaban J connectivity index is -0.000000779. The smallest absolute Gasteiger partial charge is 0.219 e. The van der Waals surface area contributed by atoms with Crippen molar-refractivity contribution < 1.29 is 19.7 Å². The summed E-state index contributed by atoms with van der Waals surface area (Å²) in [4.78, 5) is 11.3. The van der Waals surface area contributed by atoms with E-state index in [1.807, 2.05) is 6.92 Å². The highest BCUT2D eigenvalue weighted by atomic mass is 19.0. The zero-order chi connectivity index (χ0) is 21.8. The van der Waals surface area contributed by atoms with Crippen LogP contribution in [0.1, 0.15) is 104 Å². The highest BCUT2D eigenvalue weighted by molar-refractivity contribution is 5.75. The zero-order valence-corrected chi connectivity index (χ0v) is 19.8. The Morgan fingerprint density at radius 2 is 1.20 bits per heavy atom. The third-order valence-electron chi connectivity index (χ3n) is 4.62. The molecule has 30 heavy (non-hydrogen) atoms. The van der Waals surface area contributed by atoms with Gasteiger partial charge in [-0.15, -0.1) is 0 Å². The van der Waals surface area contributed by atoms with Gasteiger partial charge in [0, 0.05) is 26.1 Å². The Bertz CT molecular complexity index is 338. The quantitative estimate of drug-likeness (QED) is 0.163. The second-order valence-electron chi connectivity index (χ2n) is 7.49. The van der Waals surface area contributed by atoms with Gasteiger partial charge in [-0.25, -0.2) is 0 Å². The molecule has 0 aromatic carbocycles. The van der Waals surface area contributed by atoms with Gasteiger partial charge in [0.25, 0.3) is 0 Å². The molecule has 0 aromatic heterocycles. The van der Waals surface area contributed by atoms with Crippen molar-refractivity contribution >= 4 is 5.91 Å². The van der Waals surface area contributed by atoms with E-state index in [1.54, 1.807) is 0 Å². The Kier molecular flexibility index (Phi) is 36.7. The molecule has 0 fully saturated rings. The number of hydrogen-bond donors (Lipinski definition) is 4. The molecular formula is C24H51FN2O3. The van der Waals surface area contributed by atoms with Crippen LogP contribution >= 0.6 is 0 Å². The predicted molar refractivity (Wildman–Crippen MR) is 128 cm³/mol. The molecule has 1 amide bonds. The second-order valence-corrected chi connectivity index (χ2v) is 7.49. The summed E-state index contributed by atoms with van der Waals surface area (Å²) in [6.07, 6.45) is 22.4. The number of rotatable bonds is 20. The van der Waals surface area contributed by atoms with Gasteiger partial charge in [-0.3, -0.25) is 9.50 Å². The van der Waals surface area contributed by atoms with E-state index in [-0.39, 0.29) is 23.8 Å². The zero-order valence-electron chi connectivity index (χ0n) is 19.8. The number of aliphatic hydroxyl groups is 2. The summed E-state index contributed by atoms with van der Waals surface area (Å²) in [5.41, 5.74) is 0. The number of amides is 1. The molecule has 0 aliphatic rings. The van der Waals surface area contributed by atoms with Crippen molar-refractivity contribution in [3.05, 3.63) is 12.2 Å². The van der Waals surface area contributed by atoms with E-state index in [2.05, 4.69) is 29.7 Å². The molecular weight excluding hydrogens is 383 g/mol. The first-order valence-electron chi connectivity index (χ1n) is 12.1. The number of hydrogen-bond acceptors (Lipinski definition) is 4. The number of carbonyl (C=O) groups is 1. The van der Waals surface area contributed by atoms with Crippen molar-refractivity contribution in [2.45, 2.75) is 104 Å². The van der Waals surface area contributed by atoms with Gasteiger partial charge in [-0.1, -0.05) is 70.4 Å². The molecule has 0 saturated carbocycles. The Labute approximate surface area is 185 Å². The minimum atomic E-state index is 0. The lowest BCUT2D eigenvalue weighted by atomic mass is 10.1.